The molecule has 11 nitrogen and oxygen atoms in total. The maximum Gasteiger partial charge on any atom is 0.408 e. The highest BCUT2D eigenvalue weighted by molar-refractivity contribution is 6.18. The van der Waals surface area contributed by atoms with Crippen LogP contribution in [0.25, 0.3) is 0 Å². The van der Waals surface area contributed by atoms with Crippen LogP contribution in [0.15, 0.2) is 24.3 Å². The number of halogens is 2. The summed E-state index contributed by atoms with van der Waals surface area (Å²) in [5.74, 6) is 1.02. The molecule has 5 aliphatic rings. The minimum Gasteiger partial charge on any atom is -0.464 e. The number of anilines is 1. The van der Waals surface area contributed by atoms with Crippen molar-refractivity contribution in [3.8, 4) is 0 Å². The average Bonchev–Trinajstić information content (AvgIpc) is 3.35. The lowest BCUT2D eigenvalue weighted by atomic mass is 9.58. The summed E-state index contributed by atoms with van der Waals surface area (Å²) in [5.41, 5.74) is 0.607. The zero-order valence-electron chi connectivity index (χ0n) is 33.2. The molecule has 1 saturated carbocycles. The van der Waals surface area contributed by atoms with Crippen LogP contribution < -0.4 is 10.2 Å². The third-order valence-corrected chi connectivity index (χ3v) is 11.9. The van der Waals surface area contributed by atoms with Gasteiger partial charge in [-0.2, -0.15) is 0 Å². The molecule has 0 aromatic heterocycles. The number of carbonyl (C=O) groups excluding carboxylic acids is 2. The second-order valence-electron chi connectivity index (χ2n) is 16.9. The molecule has 13 heteroatoms. The molecule has 1 aromatic carbocycles. The van der Waals surface area contributed by atoms with E-state index in [1.165, 1.54) is 6.42 Å². The number of benzene rings is 1. The molecule has 4 aliphatic heterocycles. The van der Waals surface area contributed by atoms with Crippen molar-refractivity contribution in [1.29, 1.82) is 0 Å². The van der Waals surface area contributed by atoms with Crippen molar-refractivity contribution in [1.82, 2.24) is 5.32 Å². The van der Waals surface area contributed by atoms with Gasteiger partial charge in [0.25, 0.3) is 0 Å². The number of nitrogens with zero attached hydrogens (tertiary/aromatic N) is 1. The van der Waals surface area contributed by atoms with Gasteiger partial charge in [-0.1, -0.05) is 51.7 Å². The fourth-order valence-corrected chi connectivity index (χ4v) is 9.15. The second kappa shape index (κ2) is 19.5. The van der Waals surface area contributed by atoms with Gasteiger partial charge in [0, 0.05) is 61.8 Å². The molecule has 0 radical (unpaired) electrons. The van der Waals surface area contributed by atoms with E-state index in [-0.39, 0.29) is 31.2 Å². The molecular weight excluding hydrogens is 735 g/mol. The Labute approximate surface area is 332 Å². The SMILES string of the molecule is C[C@H]1[C@@H](OCCCCCCCCOC(=O)[C@H](Cc2ccc(N(CCCl)CCCl)cc2)NC(=O)OC(C)(C)C)O[C@@H]2O[C@@]3(C)CC[C@H]4[C@H](C)CC[C@@H]1[C@@]24OO3. The molecule has 1 aliphatic carbocycles. The first-order valence-electron chi connectivity index (χ1n) is 20.2. The third kappa shape index (κ3) is 11.0. The van der Waals surface area contributed by atoms with Crippen LogP contribution in [0.2, 0.25) is 0 Å². The van der Waals surface area contributed by atoms with Gasteiger partial charge < -0.3 is 33.9 Å². The van der Waals surface area contributed by atoms with E-state index in [4.69, 9.17) is 56.7 Å². The standard InChI is InChI=1S/C41H64Cl2N2O9/c1-28-13-18-33-29(2)36(50-37-41(33)32(28)19-20-40(6,51-37)53-54-41)49-26-12-10-8-7-9-11-25-48-35(46)34(44-38(47)52-39(3,4)5)27-30-14-16-31(17-15-30)45(23-21-42)24-22-43/h14-17,28-29,32-34,36-37H,7-13,18-27H2,1-6H3,(H,44,47)/t28-,29-,32+,33+,34+,36+,37-,40-,41-/m1/s1. The monoisotopic (exact) mass is 798 g/mol. The van der Waals surface area contributed by atoms with Gasteiger partial charge >= 0.3 is 12.1 Å². The number of unbranched alkanes of at least 4 members (excludes halogenated alkanes) is 5. The Morgan fingerprint density at radius 2 is 1.59 bits per heavy atom. The Morgan fingerprint density at radius 3 is 2.26 bits per heavy atom. The molecule has 2 bridgehead atoms. The average molecular weight is 800 g/mol. The van der Waals surface area contributed by atoms with Crippen molar-refractivity contribution < 1.29 is 43.0 Å². The molecule has 1 N–H and O–H groups in total. The molecular formula is C41H64Cl2N2O9. The lowest BCUT2D eigenvalue weighted by Gasteiger charge is -2.60. The number of carbonyl (C=O) groups is 2. The fourth-order valence-electron chi connectivity index (χ4n) is 8.74. The zero-order chi connectivity index (χ0) is 38.9. The van der Waals surface area contributed by atoms with Crippen molar-refractivity contribution in [2.45, 2.75) is 148 Å². The maximum atomic E-state index is 13.2. The van der Waals surface area contributed by atoms with E-state index >= 15 is 0 Å². The molecule has 1 spiro atoms. The van der Waals surface area contributed by atoms with Gasteiger partial charge in [-0.15, -0.1) is 23.2 Å². The summed E-state index contributed by atoms with van der Waals surface area (Å²) >= 11 is 11.9. The van der Waals surface area contributed by atoms with Crippen molar-refractivity contribution in [2.75, 3.05) is 43.0 Å². The smallest absolute Gasteiger partial charge is 0.408 e. The normalized spacial score (nSPS) is 30.9. The van der Waals surface area contributed by atoms with E-state index in [1.807, 2.05) is 31.2 Å². The number of hydrogen-bond donors (Lipinski definition) is 1. The van der Waals surface area contributed by atoms with Gasteiger partial charge in [-0.25, -0.2) is 19.4 Å². The fraction of sp³-hybridized carbons (Fsp3) is 0.805. The molecule has 4 heterocycles. The number of fused-ring (bicyclic) bond motifs is 2. The Morgan fingerprint density at radius 1 is 0.926 bits per heavy atom. The Bertz CT molecular complexity index is 1340. The molecule has 4 saturated heterocycles. The van der Waals surface area contributed by atoms with Gasteiger partial charge in [-0.05, 0) is 89.3 Å². The number of alkyl halides is 2. The zero-order valence-corrected chi connectivity index (χ0v) is 34.8. The molecule has 9 atom stereocenters. The van der Waals surface area contributed by atoms with Crippen LogP contribution in [0.3, 0.4) is 0 Å². The molecule has 6 rings (SSSR count). The topological polar surface area (TPSA) is 114 Å². The molecule has 54 heavy (non-hydrogen) atoms. The van der Waals surface area contributed by atoms with E-state index in [1.54, 1.807) is 20.8 Å². The summed E-state index contributed by atoms with van der Waals surface area (Å²) in [4.78, 5) is 40.1. The van der Waals surface area contributed by atoms with Crippen LogP contribution >= 0.6 is 23.2 Å². The van der Waals surface area contributed by atoms with Crippen molar-refractivity contribution in [3.63, 3.8) is 0 Å². The molecule has 1 amide bonds. The van der Waals surface area contributed by atoms with Crippen molar-refractivity contribution >= 4 is 41.0 Å². The molecule has 306 valence electrons. The van der Waals surface area contributed by atoms with E-state index in [0.717, 1.165) is 69.0 Å². The highest BCUT2D eigenvalue weighted by atomic mass is 35.5. The minimum atomic E-state index is -0.884. The van der Waals surface area contributed by atoms with Gasteiger partial charge in [0.2, 0.25) is 5.79 Å². The Hall–Kier alpha value is -1.86. The third-order valence-electron chi connectivity index (χ3n) is 11.6. The molecule has 0 unspecified atom stereocenters. The largest absolute Gasteiger partial charge is 0.464 e. The minimum absolute atomic E-state index is 0.173. The molecule has 1 aromatic rings. The predicted octanol–water partition coefficient (Wildman–Crippen LogP) is 8.51. The second-order valence-corrected chi connectivity index (χ2v) is 17.6. The van der Waals surface area contributed by atoms with Gasteiger partial charge in [0.05, 0.1) is 6.61 Å². The summed E-state index contributed by atoms with van der Waals surface area (Å²) in [6.45, 7) is 14.1. The summed E-state index contributed by atoms with van der Waals surface area (Å²) in [5, 5.41) is 2.72. The summed E-state index contributed by atoms with van der Waals surface area (Å²) in [6.07, 6.45) is 8.58. The summed E-state index contributed by atoms with van der Waals surface area (Å²) < 4.78 is 30.4. The summed E-state index contributed by atoms with van der Waals surface area (Å²) in [7, 11) is 0. The van der Waals surface area contributed by atoms with Gasteiger partial charge in [0.1, 0.15) is 11.6 Å². The number of amides is 1. The number of nitrogens with one attached hydrogen (secondary N) is 1. The van der Waals surface area contributed by atoms with Gasteiger partial charge in [0.15, 0.2) is 18.2 Å². The summed E-state index contributed by atoms with van der Waals surface area (Å²) in [6, 6.07) is 6.94. The van der Waals surface area contributed by atoms with Crippen LogP contribution in [0.4, 0.5) is 10.5 Å². The number of esters is 1. The van der Waals surface area contributed by atoms with E-state index in [9.17, 15) is 9.59 Å². The maximum absolute atomic E-state index is 13.2. The Balaban J connectivity index is 1.01. The lowest BCUT2D eigenvalue weighted by Crippen LogP contribution is -2.70. The van der Waals surface area contributed by atoms with Crippen LogP contribution in [-0.4, -0.2) is 85.7 Å². The number of rotatable bonds is 19. The quantitative estimate of drug-likeness (QED) is 0.0633. The predicted molar refractivity (Wildman–Crippen MR) is 208 cm³/mol. The highest BCUT2D eigenvalue weighted by Crippen LogP contribution is 2.60. The van der Waals surface area contributed by atoms with Crippen LogP contribution in [0, 0.1) is 23.7 Å². The number of alkyl carbamates (subject to hydrolysis) is 1. The number of ether oxygens (including phenoxy) is 5. The van der Waals surface area contributed by atoms with E-state index in [2.05, 4.69) is 24.1 Å². The number of hydrogen-bond acceptors (Lipinski definition) is 10. The lowest BCUT2D eigenvalue weighted by molar-refractivity contribution is -0.577. The van der Waals surface area contributed by atoms with Crippen LogP contribution in [0.5, 0.6) is 0 Å². The Kier molecular flexibility index (Phi) is 15.6. The van der Waals surface area contributed by atoms with E-state index in [0.29, 0.717) is 43.3 Å². The van der Waals surface area contributed by atoms with E-state index < -0.39 is 41.4 Å². The highest BCUT2D eigenvalue weighted by Gasteiger charge is 2.69. The first-order valence-corrected chi connectivity index (χ1v) is 21.3. The van der Waals surface area contributed by atoms with Crippen molar-refractivity contribution in [2.24, 2.45) is 23.7 Å². The van der Waals surface area contributed by atoms with Crippen molar-refractivity contribution in [3.05, 3.63) is 29.8 Å². The first-order chi connectivity index (χ1) is 25.8. The van der Waals surface area contributed by atoms with Gasteiger partial charge in [-0.3, -0.25) is 0 Å². The van der Waals surface area contributed by atoms with Crippen LogP contribution in [-0.2, 0) is 44.7 Å². The van der Waals surface area contributed by atoms with Crippen LogP contribution in [0.1, 0.15) is 111 Å². The molecule has 5 fully saturated rings. The first kappa shape index (κ1) is 43.3.